The molecular weight excluding hydrogens is 276 g/mol. The van der Waals surface area contributed by atoms with Crippen LogP contribution >= 0.6 is 11.8 Å². The van der Waals surface area contributed by atoms with Gasteiger partial charge in [0.15, 0.2) is 5.16 Å². The van der Waals surface area contributed by atoms with E-state index in [4.69, 9.17) is 10.5 Å². The number of aromatic nitrogens is 3. The minimum Gasteiger partial charge on any atom is -0.377 e. The predicted octanol–water partition coefficient (Wildman–Crippen LogP) is 1.30. The number of aryl methyl sites for hydroxylation is 1. The van der Waals surface area contributed by atoms with E-state index in [-0.39, 0.29) is 5.91 Å². The molecule has 0 spiro atoms. The Hall–Kier alpha value is -1.08. The van der Waals surface area contributed by atoms with E-state index >= 15 is 0 Å². The molecule has 1 atom stereocenters. The van der Waals surface area contributed by atoms with E-state index in [1.165, 1.54) is 12.8 Å². The number of hydrogen-bond donors (Lipinski definition) is 1. The molecule has 3 rings (SSSR count). The molecule has 2 fully saturated rings. The highest BCUT2D eigenvalue weighted by molar-refractivity contribution is 7.99. The summed E-state index contributed by atoms with van der Waals surface area (Å²) in [5.74, 6) is 1.53. The lowest BCUT2D eigenvalue weighted by molar-refractivity contribution is -0.118. The van der Waals surface area contributed by atoms with Crippen LogP contribution in [0.2, 0.25) is 0 Å². The molecule has 2 heterocycles. The molecule has 1 aromatic heterocycles. The molecule has 1 amide bonds. The van der Waals surface area contributed by atoms with Gasteiger partial charge in [0.2, 0.25) is 5.91 Å². The number of nitrogens with zero attached hydrogens (tertiary/aromatic N) is 3. The second-order valence-electron chi connectivity index (χ2n) is 5.41. The molecule has 0 radical (unpaired) electrons. The van der Waals surface area contributed by atoms with Crippen molar-refractivity contribution in [3.63, 3.8) is 0 Å². The summed E-state index contributed by atoms with van der Waals surface area (Å²) in [6.07, 6.45) is 5.91. The molecule has 1 saturated carbocycles. The van der Waals surface area contributed by atoms with Gasteiger partial charge >= 0.3 is 0 Å². The molecule has 0 aromatic carbocycles. The van der Waals surface area contributed by atoms with Crippen molar-refractivity contribution in [2.75, 3.05) is 12.4 Å². The number of carbonyl (C=O) groups excluding carboxylic acids is 1. The van der Waals surface area contributed by atoms with Crippen LogP contribution in [0.1, 0.15) is 44.0 Å². The second kappa shape index (κ2) is 6.13. The maximum atomic E-state index is 10.9. The van der Waals surface area contributed by atoms with Gasteiger partial charge in [-0.25, -0.2) is 0 Å². The maximum absolute atomic E-state index is 10.9. The van der Waals surface area contributed by atoms with Crippen molar-refractivity contribution in [1.29, 1.82) is 0 Å². The summed E-state index contributed by atoms with van der Waals surface area (Å²) in [6.45, 7) is 0.879. The van der Waals surface area contributed by atoms with Crippen molar-refractivity contribution in [3.05, 3.63) is 5.82 Å². The van der Waals surface area contributed by atoms with Crippen LogP contribution in [-0.2, 0) is 16.0 Å². The van der Waals surface area contributed by atoms with E-state index in [0.717, 1.165) is 36.2 Å². The number of primary amides is 1. The van der Waals surface area contributed by atoms with E-state index in [1.54, 1.807) is 11.8 Å². The van der Waals surface area contributed by atoms with Crippen molar-refractivity contribution in [3.8, 4) is 0 Å². The zero-order valence-corrected chi connectivity index (χ0v) is 12.3. The monoisotopic (exact) mass is 296 g/mol. The van der Waals surface area contributed by atoms with Gasteiger partial charge in [-0.15, -0.1) is 10.2 Å². The van der Waals surface area contributed by atoms with Gasteiger partial charge in [0.1, 0.15) is 5.82 Å². The normalized spacial score (nSPS) is 22.3. The van der Waals surface area contributed by atoms with Gasteiger partial charge < -0.3 is 15.0 Å². The number of rotatable bonds is 7. The first kappa shape index (κ1) is 13.9. The Morgan fingerprint density at radius 2 is 2.25 bits per heavy atom. The van der Waals surface area contributed by atoms with Crippen LogP contribution < -0.4 is 5.73 Å². The molecule has 1 unspecified atom stereocenters. The summed E-state index contributed by atoms with van der Waals surface area (Å²) in [6, 6.07) is 0.514. The largest absolute Gasteiger partial charge is 0.377 e. The lowest BCUT2D eigenvalue weighted by Crippen LogP contribution is -2.14. The predicted molar refractivity (Wildman–Crippen MR) is 75.5 cm³/mol. The van der Waals surface area contributed by atoms with E-state index in [9.17, 15) is 4.79 Å². The highest BCUT2D eigenvalue weighted by Gasteiger charge is 2.30. The summed E-state index contributed by atoms with van der Waals surface area (Å²) < 4.78 is 7.83. The molecule has 110 valence electrons. The minimum absolute atomic E-state index is 0.288. The smallest absolute Gasteiger partial charge is 0.217 e. The summed E-state index contributed by atoms with van der Waals surface area (Å²) in [7, 11) is 0. The number of nitrogens with two attached hydrogens (primary N) is 1. The van der Waals surface area contributed by atoms with Crippen LogP contribution in [0, 0.1) is 0 Å². The molecule has 1 aliphatic carbocycles. The Morgan fingerprint density at radius 3 is 2.90 bits per heavy atom. The van der Waals surface area contributed by atoms with Gasteiger partial charge in [0, 0.05) is 31.2 Å². The molecule has 1 aromatic rings. The van der Waals surface area contributed by atoms with Gasteiger partial charge in [0.05, 0.1) is 6.10 Å². The van der Waals surface area contributed by atoms with E-state index < -0.39 is 0 Å². The highest BCUT2D eigenvalue weighted by atomic mass is 32.2. The molecule has 1 aliphatic heterocycles. The van der Waals surface area contributed by atoms with Gasteiger partial charge in [-0.3, -0.25) is 4.79 Å². The number of amides is 1. The SMILES string of the molecule is NC(=O)CCc1nnc(SCC2CCCO2)n1C1CC1. The van der Waals surface area contributed by atoms with E-state index in [0.29, 0.717) is 25.0 Å². The fourth-order valence-corrected chi connectivity index (χ4v) is 3.54. The molecular formula is C13H20N4O2S. The van der Waals surface area contributed by atoms with Gasteiger partial charge in [-0.05, 0) is 25.7 Å². The van der Waals surface area contributed by atoms with Crippen molar-refractivity contribution < 1.29 is 9.53 Å². The summed E-state index contributed by atoms with van der Waals surface area (Å²) in [5, 5.41) is 9.48. The third-order valence-electron chi connectivity index (χ3n) is 3.66. The third kappa shape index (κ3) is 3.32. The Balaban J connectivity index is 1.65. The second-order valence-corrected chi connectivity index (χ2v) is 6.40. The van der Waals surface area contributed by atoms with Crippen LogP contribution in [-0.4, -0.2) is 39.1 Å². The van der Waals surface area contributed by atoms with Gasteiger partial charge in [-0.2, -0.15) is 0 Å². The highest BCUT2D eigenvalue weighted by Crippen LogP contribution is 2.39. The lowest BCUT2D eigenvalue weighted by atomic mass is 10.3. The van der Waals surface area contributed by atoms with Crippen LogP contribution in [0.4, 0.5) is 0 Å². The van der Waals surface area contributed by atoms with Gasteiger partial charge in [0.25, 0.3) is 0 Å². The molecule has 7 heteroatoms. The molecule has 6 nitrogen and oxygen atoms in total. The van der Waals surface area contributed by atoms with Crippen LogP contribution in [0.15, 0.2) is 5.16 Å². The minimum atomic E-state index is -0.288. The van der Waals surface area contributed by atoms with E-state index in [2.05, 4.69) is 14.8 Å². The fourth-order valence-electron chi connectivity index (χ4n) is 2.45. The molecule has 1 saturated heterocycles. The van der Waals surface area contributed by atoms with Crippen LogP contribution in [0.5, 0.6) is 0 Å². The fraction of sp³-hybridized carbons (Fsp3) is 0.769. The lowest BCUT2D eigenvalue weighted by Gasteiger charge is -2.10. The maximum Gasteiger partial charge on any atom is 0.217 e. The average molecular weight is 296 g/mol. The quantitative estimate of drug-likeness (QED) is 0.767. The first-order valence-electron chi connectivity index (χ1n) is 7.20. The first-order valence-corrected chi connectivity index (χ1v) is 8.19. The van der Waals surface area contributed by atoms with Crippen LogP contribution in [0.25, 0.3) is 0 Å². The summed E-state index contributed by atoms with van der Waals surface area (Å²) in [5.41, 5.74) is 5.21. The molecule has 20 heavy (non-hydrogen) atoms. The standard InChI is InChI=1S/C13H20N4O2S/c14-11(18)5-6-12-15-16-13(17(12)9-3-4-9)20-8-10-2-1-7-19-10/h9-10H,1-8H2,(H2,14,18). The van der Waals surface area contributed by atoms with Crippen molar-refractivity contribution >= 4 is 17.7 Å². The number of ether oxygens (including phenoxy) is 1. The van der Waals surface area contributed by atoms with Gasteiger partial charge in [-0.1, -0.05) is 11.8 Å². The van der Waals surface area contributed by atoms with Crippen LogP contribution in [0.3, 0.4) is 0 Å². The Morgan fingerprint density at radius 1 is 1.40 bits per heavy atom. The summed E-state index contributed by atoms with van der Waals surface area (Å²) >= 11 is 1.72. The Labute approximate surface area is 122 Å². The molecule has 0 bridgehead atoms. The Kier molecular flexibility index (Phi) is 4.26. The number of carbonyl (C=O) groups is 1. The summed E-state index contributed by atoms with van der Waals surface area (Å²) in [4.78, 5) is 10.9. The third-order valence-corrected chi connectivity index (χ3v) is 4.74. The first-order chi connectivity index (χ1) is 9.74. The topological polar surface area (TPSA) is 83.0 Å². The zero-order valence-electron chi connectivity index (χ0n) is 11.5. The van der Waals surface area contributed by atoms with Crippen molar-refractivity contribution in [2.24, 2.45) is 5.73 Å². The molecule has 2 aliphatic rings. The van der Waals surface area contributed by atoms with Crippen molar-refractivity contribution in [2.45, 2.75) is 55.8 Å². The molecule has 2 N–H and O–H groups in total. The number of hydrogen-bond acceptors (Lipinski definition) is 5. The van der Waals surface area contributed by atoms with E-state index in [1.807, 2.05) is 0 Å². The Bertz CT molecular complexity index is 481. The number of thioether (sulfide) groups is 1. The zero-order chi connectivity index (χ0) is 13.9. The average Bonchev–Trinajstić information content (AvgIpc) is 2.98. The van der Waals surface area contributed by atoms with Crippen molar-refractivity contribution in [1.82, 2.24) is 14.8 Å².